The highest BCUT2D eigenvalue weighted by molar-refractivity contribution is 5.80. The Morgan fingerprint density at radius 1 is 1.31 bits per heavy atom. The summed E-state index contributed by atoms with van der Waals surface area (Å²) in [5, 5.41) is 0. The van der Waals surface area contributed by atoms with E-state index in [1.807, 2.05) is 0 Å². The smallest absolute Gasteiger partial charge is 0.135 e. The first kappa shape index (κ1) is 9.20. The summed E-state index contributed by atoms with van der Waals surface area (Å²) < 4.78 is 0. The minimum absolute atomic E-state index is 0.475. The van der Waals surface area contributed by atoms with Gasteiger partial charge in [0.05, 0.1) is 0 Å². The van der Waals surface area contributed by atoms with Gasteiger partial charge in [0, 0.05) is 31.5 Å². The largest absolute Gasteiger partial charge is 0.300 e. The van der Waals surface area contributed by atoms with Crippen molar-refractivity contribution in [2.24, 2.45) is 5.92 Å². The van der Waals surface area contributed by atoms with E-state index in [1.165, 1.54) is 12.8 Å². The minimum atomic E-state index is 0.475. The Balaban J connectivity index is 2.06. The molecule has 0 bridgehead atoms. The van der Waals surface area contributed by atoms with Gasteiger partial charge < -0.3 is 0 Å². The molecule has 74 valence electrons. The highest BCUT2D eigenvalue weighted by atomic mass is 16.1. The third-order valence-corrected chi connectivity index (χ3v) is 3.57. The number of nitrogens with zero attached hydrogens (tertiary/aromatic N) is 1. The number of carbonyl (C=O) groups excluding carboxylic acids is 1. The Morgan fingerprint density at radius 2 is 2.08 bits per heavy atom. The number of hydrogen-bond acceptors (Lipinski definition) is 2. The van der Waals surface area contributed by atoms with Crippen molar-refractivity contribution in [3.8, 4) is 0 Å². The summed E-state index contributed by atoms with van der Waals surface area (Å²) in [6.07, 6.45) is 4.14. The van der Waals surface area contributed by atoms with Crippen molar-refractivity contribution in [2.75, 3.05) is 6.54 Å². The molecule has 2 nitrogen and oxygen atoms in total. The lowest BCUT2D eigenvalue weighted by atomic mass is 9.83. The molecule has 2 aliphatic heterocycles. The van der Waals surface area contributed by atoms with E-state index in [9.17, 15) is 4.79 Å². The molecule has 2 rings (SSSR count). The Morgan fingerprint density at radius 3 is 2.85 bits per heavy atom. The highest BCUT2D eigenvalue weighted by Crippen LogP contribution is 2.31. The van der Waals surface area contributed by atoms with E-state index in [2.05, 4.69) is 18.7 Å². The van der Waals surface area contributed by atoms with Gasteiger partial charge in [-0.2, -0.15) is 0 Å². The van der Waals surface area contributed by atoms with Crippen LogP contribution in [0.1, 0.15) is 39.5 Å². The van der Waals surface area contributed by atoms with E-state index in [-0.39, 0.29) is 0 Å². The summed E-state index contributed by atoms with van der Waals surface area (Å²) in [5.41, 5.74) is 0. The average Bonchev–Trinajstić information content (AvgIpc) is 2.02. The quantitative estimate of drug-likeness (QED) is 0.568. The van der Waals surface area contributed by atoms with Crippen molar-refractivity contribution < 1.29 is 4.79 Å². The van der Waals surface area contributed by atoms with Crippen molar-refractivity contribution in [3.63, 3.8) is 0 Å². The number of hydrogen-bond donors (Lipinski definition) is 0. The number of piperidine rings is 2. The molecule has 0 saturated carbocycles. The molecule has 2 saturated heterocycles. The summed E-state index contributed by atoms with van der Waals surface area (Å²) in [7, 11) is 0. The van der Waals surface area contributed by atoms with Gasteiger partial charge in [-0.15, -0.1) is 0 Å². The Labute approximate surface area is 80.3 Å². The van der Waals surface area contributed by atoms with E-state index < -0.39 is 0 Å². The van der Waals surface area contributed by atoms with E-state index >= 15 is 0 Å². The zero-order valence-electron chi connectivity index (χ0n) is 8.62. The number of Topliss-reactive ketones (excluding diaryl/α,β-unsaturated/α-hetero) is 1. The molecular weight excluding hydrogens is 162 g/mol. The molecule has 13 heavy (non-hydrogen) atoms. The predicted molar refractivity (Wildman–Crippen MR) is 52.6 cm³/mol. The lowest BCUT2D eigenvalue weighted by Gasteiger charge is -2.45. The van der Waals surface area contributed by atoms with Crippen LogP contribution in [0.15, 0.2) is 0 Å². The van der Waals surface area contributed by atoms with Gasteiger partial charge in [0.1, 0.15) is 5.78 Å². The van der Waals surface area contributed by atoms with Crippen LogP contribution in [0.25, 0.3) is 0 Å². The second kappa shape index (κ2) is 3.41. The van der Waals surface area contributed by atoms with E-state index in [4.69, 9.17) is 0 Å². The topological polar surface area (TPSA) is 20.3 Å². The molecular formula is C11H19NO. The van der Waals surface area contributed by atoms with Gasteiger partial charge >= 0.3 is 0 Å². The third-order valence-electron chi connectivity index (χ3n) is 3.57. The summed E-state index contributed by atoms with van der Waals surface area (Å²) >= 11 is 0. The molecule has 0 aliphatic carbocycles. The molecule has 2 fully saturated rings. The zero-order valence-corrected chi connectivity index (χ0v) is 8.62. The number of carbonyl (C=O) groups is 1. The second-order valence-electron chi connectivity index (χ2n) is 4.81. The molecule has 0 aromatic heterocycles. The van der Waals surface area contributed by atoms with Gasteiger partial charge in [0.15, 0.2) is 0 Å². The molecule has 0 amide bonds. The van der Waals surface area contributed by atoms with Gasteiger partial charge in [-0.25, -0.2) is 0 Å². The standard InChI is InChI=1S/C11H19NO/c1-8-5-9(2)12-4-3-11(13)7-10(12)6-8/h8-10H,3-7H2,1-2H3/t8-,9+,10-/m1/s1. The van der Waals surface area contributed by atoms with E-state index in [1.54, 1.807) is 0 Å². The normalized spacial score (nSPS) is 41.7. The number of ketones is 1. The van der Waals surface area contributed by atoms with Crippen LogP contribution in [0.5, 0.6) is 0 Å². The lowest BCUT2D eigenvalue weighted by Crippen LogP contribution is -2.51. The van der Waals surface area contributed by atoms with E-state index in [0.717, 1.165) is 25.3 Å². The van der Waals surface area contributed by atoms with Crippen LogP contribution in [0.2, 0.25) is 0 Å². The molecule has 0 unspecified atom stereocenters. The molecule has 2 heterocycles. The van der Waals surface area contributed by atoms with Crippen LogP contribution in [-0.2, 0) is 4.79 Å². The molecule has 3 atom stereocenters. The molecule has 0 spiro atoms. The first-order chi connectivity index (χ1) is 6.16. The van der Waals surface area contributed by atoms with Crippen molar-refractivity contribution >= 4 is 5.78 Å². The Hall–Kier alpha value is -0.370. The zero-order chi connectivity index (χ0) is 9.42. The summed E-state index contributed by atoms with van der Waals surface area (Å²) in [4.78, 5) is 13.8. The first-order valence-electron chi connectivity index (χ1n) is 5.44. The van der Waals surface area contributed by atoms with Crippen molar-refractivity contribution in [1.29, 1.82) is 0 Å². The highest BCUT2D eigenvalue weighted by Gasteiger charge is 2.35. The fourth-order valence-corrected chi connectivity index (χ4v) is 3.00. The minimum Gasteiger partial charge on any atom is -0.300 e. The molecule has 0 aromatic carbocycles. The summed E-state index contributed by atoms with van der Waals surface area (Å²) in [6.45, 7) is 5.63. The van der Waals surface area contributed by atoms with Gasteiger partial charge in [-0.05, 0) is 25.7 Å². The second-order valence-corrected chi connectivity index (χ2v) is 4.81. The summed E-state index contributed by atoms with van der Waals surface area (Å²) in [5.74, 6) is 1.28. The van der Waals surface area contributed by atoms with Gasteiger partial charge in [0.25, 0.3) is 0 Å². The average molecular weight is 181 g/mol. The maximum Gasteiger partial charge on any atom is 0.135 e. The fourth-order valence-electron chi connectivity index (χ4n) is 3.00. The van der Waals surface area contributed by atoms with Crippen molar-refractivity contribution in [1.82, 2.24) is 4.90 Å². The summed E-state index contributed by atoms with van der Waals surface area (Å²) in [6, 6.07) is 1.27. The number of fused-ring (bicyclic) bond motifs is 1. The van der Waals surface area contributed by atoms with Gasteiger partial charge in [0.2, 0.25) is 0 Å². The first-order valence-corrected chi connectivity index (χ1v) is 5.44. The Kier molecular flexibility index (Phi) is 2.41. The van der Waals surface area contributed by atoms with Gasteiger partial charge in [-0.1, -0.05) is 6.92 Å². The molecule has 2 aliphatic rings. The Bertz CT molecular complexity index is 214. The molecule has 2 heteroatoms. The van der Waals surface area contributed by atoms with Crippen LogP contribution < -0.4 is 0 Å². The maximum absolute atomic E-state index is 11.3. The number of rotatable bonds is 0. The van der Waals surface area contributed by atoms with Crippen LogP contribution in [0, 0.1) is 5.92 Å². The molecule has 0 N–H and O–H groups in total. The maximum atomic E-state index is 11.3. The van der Waals surface area contributed by atoms with Crippen molar-refractivity contribution in [2.45, 2.75) is 51.6 Å². The predicted octanol–water partition coefficient (Wildman–Crippen LogP) is 1.84. The molecule has 0 radical (unpaired) electrons. The van der Waals surface area contributed by atoms with Crippen LogP contribution in [-0.4, -0.2) is 29.3 Å². The SMILES string of the molecule is C[C@H]1C[C@@H]2CC(=O)CCN2[C@@H](C)C1. The lowest BCUT2D eigenvalue weighted by molar-refractivity contribution is -0.125. The van der Waals surface area contributed by atoms with E-state index in [0.29, 0.717) is 17.9 Å². The molecule has 0 aromatic rings. The fraction of sp³-hybridized carbons (Fsp3) is 0.909. The van der Waals surface area contributed by atoms with Gasteiger partial charge in [-0.3, -0.25) is 9.69 Å². The van der Waals surface area contributed by atoms with Crippen LogP contribution in [0.4, 0.5) is 0 Å². The monoisotopic (exact) mass is 181 g/mol. The van der Waals surface area contributed by atoms with Crippen molar-refractivity contribution in [3.05, 3.63) is 0 Å². The van der Waals surface area contributed by atoms with Crippen LogP contribution in [0.3, 0.4) is 0 Å². The van der Waals surface area contributed by atoms with Crippen LogP contribution >= 0.6 is 0 Å². The third kappa shape index (κ3) is 1.78.